The molecule has 2 aromatic rings. The predicted molar refractivity (Wildman–Crippen MR) is 88.2 cm³/mol. The summed E-state index contributed by atoms with van der Waals surface area (Å²) in [6.07, 6.45) is 3.23. The van der Waals surface area contributed by atoms with Gasteiger partial charge in [-0.05, 0) is 23.4 Å². The quantitative estimate of drug-likeness (QED) is 0.620. The Hall–Kier alpha value is -0.466. The molecule has 0 N–H and O–H groups in total. The van der Waals surface area contributed by atoms with Gasteiger partial charge >= 0.3 is 0 Å². The summed E-state index contributed by atoms with van der Waals surface area (Å²) >= 11 is 0. The average molecular weight is 361 g/mol. The first-order valence-corrected chi connectivity index (χ1v) is 7.65. The number of para-hydroxylation sites is 1. The minimum Gasteiger partial charge on any atom is -0.335 e. The molecule has 21 heavy (non-hydrogen) atoms. The summed E-state index contributed by atoms with van der Waals surface area (Å²) in [6.45, 7) is 12.3. The third-order valence-corrected chi connectivity index (χ3v) is 3.15. The van der Waals surface area contributed by atoms with E-state index < -0.39 is 0 Å². The van der Waals surface area contributed by atoms with Crippen molar-refractivity contribution in [3.8, 4) is 0 Å². The van der Waals surface area contributed by atoms with Gasteiger partial charge in [-0.25, -0.2) is 0 Å². The average Bonchev–Trinajstić information content (AvgIpc) is 2.47. The minimum atomic E-state index is 0. The van der Waals surface area contributed by atoms with Crippen molar-refractivity contribution in [2.45, 2.75) is 53.0 Å². The molecule has 1 radical (unpaired) electrons. The van der Waals surface area contributed by atoms with Crippen molar-refractivity contribution in [2.24, 2.45) is 0 Å². The molecule has 0 bridgehead atoms. The van der Waals surface area contributed by atoms with Crippen LogP contribution in [0, 0.1) is 6.92 Å². The Morgan fingerprint density at radius 1 is 1.19 bits per heavy atom. The normalized spacial score (nSPS) is 15.0. The van der Waals surface area contributed by atoms with E-state index in [4.69, 9.17) is 0 Å². The SMILES string of the molecule is CC.CCC.[CH2-]C1CCc2cccc3ccc(=O)n1c23.[Y]. The Kier molecular flexibility index (Phi) is 10.1. The number of pyridine rings is 1. The molecule has 0 amide bonds. The van der Waals surface area contributed by atoms with Crippen molar-refractivity contribution in [3.05, 3.63) is 53.2 Å². The van der Waals surface area contributed by atoms with Crippen LogP contribution in [0.3, 0.4) is 0 Å². The predicted octanol–water partition coefficient (Wildman–Crippen LogP) is 4.76. The third-order valence-electron chi connectivity index (χ3n) is 3.15. The number of aryl methyl sites for hydroxylation is 1. The van der Waals surface area contributed by atoms with E-state index in [1.165, 1.54) is 12.0 Å². The van der Waals surface area contributed by atoms with Gasteiger partial charge in [-0.3, -0.25) is 4.79 Å². The first-order chi connectivity index (χ1) is 9.69. The topological polar surface area (TPSA) is 22.0 Å². The van der Waals surface area contributed by atoms with Crippen LogP contribution in [0.15, 0.2) is 35.1 Å². The van der Waals surface area contributed by atoms with E-state index >= 15 is 0 Å². The number of nitrogens with zero attached hydrogens (tertiary/aromatic N) is 1. The van der Waals surface area contributed by atoms with Gasteiger partial charge in [-0.15, -0.1) is 0 Å². The Balaban J connectivity index is 0.000000599. The molecular weight excluding hydrogens is 335 g/mol. The third kappa shape index (κ3) is 4.76. The molecule has 3 heteroatoms. The van der Waals surface area contributed by atoms with Crippen molar-refractivity contribution in [3.63, 3.8) is 0 Å². The van der Waals surface area contributed by atoms with Crippen LogP contribution in [0.5, 0.6) is 0 Å². The fourth-order valence-electron chi connectivity index (χ4n) is 2.41. The molecule has 2 heterocycles. The van der Waals surface area contributed by atoms with E-state index in [1.807, 2.05) is 30.5 Å². The van der Waals surface area contributed by atoms with Crippen LogP contribution in [-0.2, 0) is 39.1 Å². The molecule has 0 saturated heterocycles. The van der Waals surface area contributed by atoms with Crippen LogP contribution in [0.4, 0.5) is 0 Å². The monoisotopic (exact) mass is 361 g/mol. The van der Waals surface area contributed by atoms with Gasteiger partial charge < -0.3 is 11.5 Å². The smallest absolute Gasteiger partial charge is 0.248 e. The Labute approximate surface area is 153 Å². The standard InChI is InChI=1S/C13H12NO.C3H8.C2H6.Y/c1-9-5-6-10-3-2-4-11-7-8-12(15)14(9)13(10)11;1-3-2;1-2;/h2-4,7-9H,1,5-6H2;3H2,1-2H3;1-2H3;/q-1;;;. The number of hydrogen-bond acceptors (Lipinski definition) is 1. The second-order valence-corrected chi connectivity index (χ2v) is 4.80. The number of aromatic nitrogens is 1. The molecule has 1 aliphatic heterocycles. The van der Waals surface area contributed by atoms with Gasteiger partial charge in [0.15, 0.2) is 0 Å². The van der Waals surface area contributed by atoms with Gasteiger partial charge in [0.2, 0.25) is 5.56 Å². The summed E-state index contributed by atoms with van der Waals surface area (Å²) in [5, 5.41) is 1.14. The Morgan fingerprint density at radius 3 is 2.43 bits per heavy atom. The van der Waals surface area contributed by atoms with Crippen molar-refractivity contribution in [1.29, 1.82) is 0 Å². The minimum absolute atomic E-state index is 0. The molecule has 0 saturated carbocycles. The maximum atomic E-state index is 11.8. The molecule has 0 aliphatic carbocycles. The molecule has 3 rings (SSSR count). The first-order valence-electron chi connectivity index (χ1n) is 7.65. The van der Waals surface area contributed by atoms with Crippen molar-refractivity contribution >= 4 is 10.9 Å². The maximum Gasteiger partial charge on any atom is 0.248 e. The number of benzene rings is 1. The largest absolute Gasteiger partial charge is 0.335 e. The second-order valence-electron chi connectivity index (χ2n) is 4.80. The number of hydrogen-bond donors (Lipinski definition) is 0. The van der Waals surface area contributed by atoms with E-state index in [2.05, 4.69) is 32.9 Å². The second kappa shape index (κ2) is 10.3. The molecule has 1 aliphatic rings. The fourth-order valence-corrected chi connectivity index (χ4v) is 2.41. The van der Waals surface area contributed by atoms with Crippen LogP contribution in [0.25, 0.3) is 10.9 Å². The van der Waals surface area contributed by atoms with Gasteiger partial charge in [0.1, 0.15) is 0 Å². The molecule has 1 aromatic carbocycles. The zero-order valence-corrected chi connectivity index (χ0v) is 16.6. The Morgan fingerprint density at radius 2 is 1.81 bits per heavy atom. The van der Waals surface area contributed by atoms with E-state index in [9.17, 15) is 4.79 Å². The molecular formula is C18H26NOY-. The van der Waals surface area contributed by atoms with Crippen molar-refractivity contribution < 1.29 is 32.7 Å². The van der Waals surface area contributed by atoms with E-state index in [0.29, 0.717) is 0 Å². The van der Waals surface area contributed by atoms with E-state index in [1.54, 1.807) is 6.07 Å². The number of rotatable bonds is 0. The van der Waals surface area contributed by atoms with Gasteiger partial charge in [-0.2, -0.15) is 0 Å². The first kappa shape index (κ1) is 20.5. The summed E-state index contributed by atoms with van der Waals surface area (Å²) < 4.78 is 1.83. The zero-order valence-electron chi connectivity index (χ0n) is 13.7. The van der Waals surface area contributed by atoms with Crippen LogP contribution < -0.4 is 5.56 Å². The molecule has 113 valence electrons. The van der Waals surface area contributed by atoms with Crippen LogP contribution >= 0.6 is 0 Å². The fraction of sp³-hybridized carbons (Fsp3) is 0.444. The van der Waals surface area contributed by atoms with Crippen LogP contribution in [0.1, 0.15) is 52.1 Å². The summed E-state index contributed by atoms with van der Waals surface area (Å²) in [6, 6.07) is 9.81. The summed E-state index contributed by atoms with van der Waals surface area (Å²) in [7, 11) is 0. The van der Waals surface area contributed by atoms with E-state index in [-0.39, 0.29) is 44.3 Å². The molecule has 1 atom stereocenters. The summed E-state index contributed by atoms with van der Waals surface area (Å²) in [5.74, 6) is 0. The van der Waals surface area contributed by atoms with Crippen LogP contribution in [-0.4, -0.2) is 4.57 Å². The molecule has 1 unspecified atom stereocenters. The zero-order chi connectivity index (χ0) is 15.1. The summed E-state index contributed by atoms with van der Waals surface area (Å²) in [5.41, 5.74) is 2.41. The van der Waals surface area contributed by atoms with Gasteiger partial charge in [0.25, 0.3) is 0 Å². The van der Waals surface area contributed by atoms with Crippen LogP contribution in [0.2, 0.25) is 0 Å². The van der Waals surface area contributed by atoms with Gasteiger partial charge in [0, 0.05) is 38.8 Å². The molecule has 2 nitrogen and oxygen atoms in total. The maximum absolute atomic E-state index is 11.8. The van der Waals surface area contributed by atoms with Gasteiger partial charge in [0.05, 0.1) is 5.52 Å². The molecule has 0 fully saturated rings. The van der Waals surface area contributed by atoms with Crippen molar-refractivity contribution in [1.82, 2.24) is 4.57 Å². The van der Waals surface area contributed by atoms with E-state index in [0.717, 1.165) is 23.7 Å². The van der Waals surface area contributed by atoms with Crippen molar-refractivity contribution in [2.75, 3.05) is 0 Å². The summed E-state index contributed by atoms with van der Waals surface area (Å²) in [4.78, 5) is 11.8. The van der Waals surface area contributed by atoms with Gasteiger partial charge in [-0.1, -0.05) is 64.8 Å². The molecule has 0 spiro atoms. The molecule has 1 aromatic heterocycles. The Bertz CT molecular complexity index is 604.